The molecule has 0 saturated heterocycles. The van der Waals surface area contributed by atoms with Gasteiger partial charge in [-0.15, -0.1) is 0 Å². The molecule has 1 N–H and O–H groups in total. The number of carboxylic acid groups (broad SMARTS) is 1. The summed E-state index contributed by atoms with van der Waals surface area (Å²) in [6.07, 6.45) is 1.31. The van der Waals surface area contributed by atoms with E-state index in [1.165, 1.54) is 6.20 Å². The smallest absolute Gasteiger partial charge is 0.341 e. The number of benzene rings is 1. The van der Waals surface area contributed by atoms with E-state index in [9.17, 15) is 9.90 Å². The molecular weight excluding hydrogens is 282 g/mol. The van der Waals surface area contributed by atoms with Gasteiger partial charge in [0.15, 0.2) is 16.9 Å². The summed E-state index contributed by atoms with van der Waals surface area (Å²) in [7, 11) is 1.83. The Hall–Kier alpha value is -2.89. The van der Waals surface area contributed by atoms with E-state index in [1.54, 1.807) is 4.57 Å². The van der Waals surface area contributed by atoms with Crippen LogP contribution < -0.4 is 4.74 Å². The van der Waals surface area contributed by atoms with Gasteiger partial charge < -0.3 is 14.4 Å². The number of ether oxygens (including phenoxy) is 1. The van der Waals surface area contributed by atoms with Crippen molar-refractivity contribution in [3.8, 4) is 5.75 Å². The molecule has 0 saturated carbocycles. The van der Waals surface area contributed by atoms with Gasteiger partial charge in [-0.05, 0) is 12.5 Å². The van der Waals surface area contributed by atoms with E-state index in [-0.39, 0.29) is 17.9 Å². The van der Waals surface area contributed by atoms with Gasteiger partial charge in [-0.1, -0.05) is 30.3 Å². The topological polar surface area (TPSA) is 77.2 Å². The van der Waals surface area contributed by atoms with Crippen LogP contribution in [0.1, 0.15) is 21.7 Å². The van der Waals surface area contributed by atoms with Crippen LogP contribution >= 0.6 is 0 Å². The molecule has 0 aliphatic carbocycles. The van der Waals surface area contributed by atoms with Crippen LogP contribution in [0, 0.1) is 6.92 Å². The zero-order valence-electron chi connectivity index (χ0n) is 12.3. The van der Waals surface area contributed by atoms with E-state index in [4.69, 9.17) is 4.74 Å². The molecule has 0 spiro atoms. The molecule has 6 heteroatoms. The van der Waals surface area contributed by atoms with Crippen molar-refractivity contribution in [1.29, 1.82) is 0 Å². The summed E-state index contributed by atoms with van der Waals surface area (Å²) < 4.78 is 7.57. The first-order valence-corrected chi connectivity index (χ1v) is 6.80. The predicted molar refractivity (Wildman–Crippen MR) is 81.0 cm³/mol. The molecule has 0 amide bonds. The number of nitrogens with zero attached hydrogens (tertiary/aromatic N) is 3. The molecule has 0 aliphatic rings. The van der Waals surface area contributed by atoms with E-state index in [0.29, 0.717) is 11.2 Å². The third-order valence-corrected chi connectivity index (χ3v) is 3.52. The molecule has 2 aromatic heterocycles. The Morgan fingerprint density at radius 3 is 2.73 bits per heavy atom. The van der Waals surface area contributed by atoms with E-state index in [1.807, 2.05) is 44.3 Å². The summed E-state index contributed by atoms with van der Waals surface area (Å²) in [4.78, 5) is 20.0. The largest absolute Gasteiger partial charge is 0.486 e. The highest BCUT2D eigenvalue weighted by molar-refractivity contribution is 5.96. The number of aromatic nitrogens is 3. The van der Waals surface area contributed by atoms with Crippen LogP contribution in [0.25, 0.3) is 11.2 Å². The van der Waals surface area contributed by atoms with Gasteiger partial charge in [-0.2, -0.15) is 0 Å². The minimum absolute atomic E-state index is 0.0153. The Morgan fingerprint density at radius 1 is 1.32 bits per heavy atom. The number of hydrogen-bond acceptors (Lipinski definition) is 4. The van der Waals surface area contributed by atoms with Crippen LogP contribution in [0.4, 0.5) is 0 Å². The summed E-state index contributed by atoms with van der Waals surface area (Å²) in [5.41, 5.74) is 2.04. The highest BCUT2D eigenvalue weighted by Crippen LogP contribution is 2.28. The molecule has 0 bridgehead atoms. The zero-order chi connectivity index (χ0) is 15.7. The zero-order valence-corrected chi connectivity index (χ0v) is 12.3. The maximum Gasteiger partial charge on any atom is 0.341 e. The number of carbonyl (C=O) groups is 1. The Balaban J connectivity index is 2.06. The van der Waals surface area contributed by atoms with E-state index < -0.39 is 5.97 Å². The van der Waals surface area contributed by atoms with Gasteiger partial charge in [-0.25, -0.2) is 14.8 Å². The Kier molecular flexibility index (Phi) is 3.50. The lowest BCUT2D eigenvalue weighted by Gasteiger charge is -2.09. The third-order valence-electron chi connectivity index (χ3n) is 3.52. The van der Waals surface area contributed by atoms with Crippen molar-refractivity contribution in [3.63, 3.8) is 0 Å². The second kappa shape index (κ2) is 5.48. The average molecular weight is 297 g/mol. The molecule has 1 aromatic carbocycles. The molecule has 0 aliphatic heterocycles. The minimum atomic E-state index is -1.08. The average Bonchev–Trinajstić information content (AvgIpc) is 2.81. The maximum atomic E-state index is 11.4. The highest BCUT2D eigenvalue weighted by Gasteiger charge is 2.20. The number of aromatic carboxylic acids is 1. The molecule has 112 valence electrons. The van der Waals surface area contributed by atoms with Crippen molar-refractivity contribution < 1.29 is 14.6 Å². The second-order valence-electron chi connectivity index (χ2n) is 4.97. The molecule has 3 rings (SSSR count). The van der Waals surface area contributed by atoms with Crippen LogP contribution in [-0.2, 0) is 13.7 Å². The third kappa shape index (κ3) is 2.39. The van der Waals surface area contributed by atoms with Crippen LogP contribution in [-0.4, -0.2) is 25.6 Å². The number of aryl methyl sites for hydroxylation is 2. The van der Waals surface area contributed by atoms with Crippen LogP contribution in [0.3, 0.4) is 0 Å². The summed E-state index contributed by atoms with van der Waals surface area (Å²) in [5.74, 6) is -0.0829. The van der Waals surface area contributed by atoms with Gasteiger partial charge in [0.25, 0.3) is 0 Å². The fraction of sp³-hybridized carbons (Fsp3) is 0.188. The molecule has 22 heavy (non-hydrogen) atoms. The fourth-order valence-electron chi connectivity index (χ4n) is 2.24. The predicted octanol–water partition coefficient (Wildman–Crippen LogP) is 2.55. The number of rotatable bonds is 4. The summed E-state index contributed by atoms with van der Waals surface area (Å²) >= 11 is 0. The fourth-order valence-corrected chi connectivity index (χ4v) is 2.24. The lowest BCUT2D eigenvalue weighted by atomic mass is 10.2. The molecule has 0 radical (unpaired) electrons. The van der Waals surface area contributed by atoms with Gasteiger partial charge >= 0.3 is 5.97 Å². The maximum absolute atomic E-state index is 11.4. The van der Waals surface area contributed by atoms with E-state index >= 15 is 0 Å². The highest BCUT2D eigenvalue weighted by atomic mass is 16.5. The molecule has 0 fully saturated rings. The normalized spacial score (nSPS) is 10.8. The van der Waals surface area contributed by atoms with E-state index in [0.717, 1.165) is 11.4 Å². The molecule has 3 aromatic rings. The Bertz CT molecular complexity index is 841. The summed E-state index contributed by atoms with van der Waals surface area (Å²) in [6, 6.07) is 9.57. The van der Waals surface area contributed by atoms with Crippen molar-refractivity contribution in [3.05, 3.63) is 53.5 Å². The van der Waals surface area contributed by atoms with Crippen molar-refractivity contribution in [1.82, 2.24) is 14.5 Å². The van der Waals surface area contributed by atoms with Crippen molar-refractivity contribution >= 4 is 17.1 Å². The molecule has 0 unspecified atom stereocenters. The Labute approximate surface area is 127 Å². The van der Waals surface area contributed by atoms with Crippen molar-refractivity contribution in [2.24, 2.45) is 7.05 Å². The van der Waals surface area contributed by atoms with Crippen molar-refractivity contribution in [2.45, 2.75) is 13.5 Å². The molecule has 2 heterocycles. The van der Waals surface area contributed by atoms with Gasteiger partial charge in [-0.3, -0.25) is 0 Å². The Morgan fingerprint density at radius 2 is 2.05 bits per heavy atom. The summed E-state index contributed by atoms with van der Waals surface area (Å²) in [6.45, 7) is 2.11. The molecule has 6 nitrogen and oxygen atoms in total. The number of pyridine rings is 1. The van der Waals surface area contributed by atoms with Gasteiger partial charge in [0.1, 0.15) is 18.0 Å². The first-order chi connectivity index (χ1) is 10.6. The number of carboxylic acids is 1. The quantitative estimate of drug-likeness (QED) is 0.800. The molecular formula is C16H15N3O3. The van der Waals surface area contributed by atoms with Crippen LogP contribution in [0.15, 0.2) is 36.5 Å². The lowest BCUT2D eigenvalue weighted by molar-refractivity contribution is 0.0691. The van der Waals surface area contributed by atoms with Gasteiger partial charge in [0.2, 0.25) is 0 Å². The second-order valence-corrected chi connectivity index (χ2v) is 4.97. The van der Waals surface area contributed by atoms with Crippen LogP contribution in [0.2, 0.25) is 0 Å². The standard InChI is InChI=1S/C16H15N3O3/c1-10-18-13-14(22-9-11-6-4-3-5-7-11)12(16(20)21)8-17-15(13)19(10)2/h3-8H,9H2,1-2H3,(H,20,21). The first-order valence-electron chi connectivity index (χ1n) is 6.80. The van der Waals surface area contributed by atoms with Crippen molar-refractivity contribution in [2.75, 3.05) is 0 Å². The molecule has 0 atom stereocenters. The number of imidazole rings is 1. The van der Waals surface area contributed by atoms with Gasteiger partial charge in [0, 0.05) is 13.2 Å². The lowest BCUT2D eigenvalue weighted by Crippen LogP contribution is -2.05. The van der Waals surface area contributed by atoms with E-state index in [2.05, 4.69) is 9.97 Å². The van der Waals surface area contributed by atoms with Gasteiger partial charge in [0.05, 0.1) is 0 Å². The van der Waals surface area contributed by atoms with Crippen LogP contribution in [0.5, 0.6) is 5.75 Å². The number of hydrogen-bond donors (Lipinski definition) is 1. The minimum Gasteiger partial charge on any atom is -0.486 e. The monoisotopic (exact) mass is 297 g/mol. The summed E-state index contributed by atoms with van der Waals surface area (Å²) in [5, 5.41) is 9.34. The first kappa shape index (κ1) is 14.1. The number of fused-ring (bicyclic) bond motifs is 1. The SMILES string of the molecule is Cc1nc2c(OCc3ccccc3)c(C(=O)O)cnc2n1C.